The van der Waals surface area contributed by atoms with Crippen LogP contribution in [0.3, 0.4) is 0 Å². The van der Waals surface area contributed by atoms with Crippen LogP contribution in [-0.2, 0) is 20.9 Å². The number of pyridine rings is 1. The van der Waals surface area contributed by atoms with Crippen LogP contribution in [0.1, 0.15) is 31.2 Å². The van der Waals surface area contributed by atoms with E-state index in [9.17, 15) is 9.59 Å². The molecular weight excluding hydrogens is 320 g/mol. The minimum Gasteiger partial charge on any atom is -0.495 e. The van der Waals surface area contributed by atoms with E-state index in [4.69, 9.17) is 9.47 Å². The highest BCUT2D eigenvalue weighted by molar-refractivity contribution is 5.92. The number of nitrogens with one attached hydrogen (secondary N) is 1. The number of hydrogen-bond donors (Lipinski definition) is 1. The predicted octanol–water partition coefficient (Wildman–Crippen LogP) is 3.33. The lowest BCUT2D eigenvalue weighted by atomic mass is 10.2. The summed E-state index contributed by atoms with van der Waals surface area (Å²) in [6.45, 7) is 0.223. The Morgan fingerprint density at radius 2 is 1.88 bits per heavy atom. The van der Waals surface area contributed by atoms with E-state index in [1.54, 1.807) is 37.7 Å². The zero-order chi connectivity index (χ0) is 17.9. The fourth-order valence-electron chi connectivity index (χ4n) is 2.24. The first-order valence-corrected chi connectivity index (χ1v) is 8.16. The molecule has 0 spiro atoms. The van der Waals surface area contributed by atoms with Crippen LogP contribution in [0.5, 0.6) is 5.75 Å². The molecule has 0 aliphatic rings. The number of anilines is 1. The summed E-state index contributed by atoms with van der Waals surface area (Å²) in [5.41, 5.74) is 1.50. The normalized spacial score (nSPS) is 10.1. The first kappa shape index (κ1) is 18.4. The fraction of sp³-hybridized carbons (Fsp3) is 0.316. The van der Waals surface area contributed by atoms with Gasteiger partial charge in [0.15, 0.2) is 0 Å². The Morgan fingerprint density at radius 3 is 2.64 bits per heavy atom. The molecule has 0 radical (unpaired) electrons. The number of ether oxygens (including phenoxy) is 2. The van der Waals surface area contributed by atoms with Gasteiger partial charge in [0.1, 0.15) is 12.4 Å². The lowest BCUT2D eigenvalue weighted by Gasteiger charge is -2.09. The van der Waals surface area contributed by atoms with Crippen molar-refractivity contribution in [2.45, 2.75) is 32.3 Å². The molecule has 0 bridgehead atoms. The molecule has 1 aromatic heterocycles. The fourth-order valence-corrected chi connectivity index (χ4v) is 2.24. The lowest BCUT2D eigenvalue weighted by molar-refractivity contribution is -0.145. The van der Waals surface area contributed by atoms with E-state index in [1.165, 1.54) is 0 Å². The van der Waals surface area contributed by atoms with E-state index >= 15 is 0 Å². The molecule has 0 aliphatic heterocycles. The topological polar surface area (TPSA) is 77.5 Å². The highest BCUT2D eigenvalue weighted by atomic mass is 16.5. The van der Waals surface area contributed by atoms with Crippen LogP contribution < -0.4 is 10.1 Å². The molecule has 1 N–H and O–H groups in total. The molecule has 6 nitrogen and oxygen atoms in total. The zero-order valence-corrected chi connectivity index (χ0v) is 14.2. The molecule has 1 heterocycles. The standard InChI is InChI=1S/C19H22N2O4/c1-24-17-9-3-2-8-16(17)21-18(22)10-4-5-11-19(23)25-14-15-7-6-12-20-13-15/h2-3,6-9,12-13H,4-5,10-11,14H2,1H3,(H,21,22). The first-order chi connectivity index (χ1) is 12.2. The van der Waals surface area contributed by atoms with E-state index in [0.717, 1.165) is 5.56 Å². The molecule has 1 amide bonds. The van der Waals surface area contributed by atoms with E-state index in [0.29, 0.717) is 37.1 Å². The van der Waals surface area contributed by atoms with Gasteiger partial charge in [0.05, 0.1) is 12.8 Å². The minimum atomic E-state index is -0.269. The predicted molar refractivity (Wildman–Crippen MR) is 94.1 cm³/mol. The zero-order valence-electron chi connectivity index (χ0n) is 14.2. The van der Waals surface area contributed by atoms with E-state index in [1.807, 2.05) is 18.2 Å². The summed E-state index contributed by atoms with van der Waals surface area (Å²) >= 11 is 0. The molecule has 6 heteroatoms. The van der Waals surface area contributed by atoms with Crippen LogP contribution in [0.4, 0.5) is 5.69 Å². The monoisotopic (exact) mass is 342 g/mol. The quantitative estimate of drug-likeness (QED) is 0.559. The molecule has 0 aliphatic carbocycles. The smallest absolute Gasteiger partial charge is 0.306 e. The molecular formula is C19H22N2O4. The Kier molecular flexibility index (Phi) is 7.43. The number of esters is 1. The molecule has 0 fully saturated rings. The number of hydrogen-bond acceptors (Lipinski definition) is 5. The second-order valence-corrected chi connectivity index (χ2v) is 5.48. The molecule has 2 rings (SSSR count). The molecule has 25 heavy (non-hydrogen) atoms. The van der Waals surface area contributed by atoms with Crippen molar-refractivity contribution < 1.29 is 19.1 Å². The molecule has 0 saturated carbocycles. The molecule has 0 unspecified atom stereocenters. The lowest BCUT2D eigenvalue weighted by Crippen LogP contribution is -2.12. The van der Waals surface area contributed by atoms with Crippen LogP contribution in [0, 0.1) is 0 Å². The summed E-state index contributed by atoms with van der Waals surface area (Å²) in [6.07, 6.45) is 5.18. The summed E-state index contributed by atoms with van der Waals surface area (Å²) in [5, 5.41) is 2.81. The number of para-hydroxylation sites is 2. The van der Waals surface area contributed by atoms with Gasteiger partial charge in [0.25, 0.3) is 0 Å². The maximum atomic E-state index is 11.9. The summed E-state index contributed by atoms with van der Waals surface area (Å²) in [4.78, 5) is 27.6. The number of aromatic nitrogens is 1. The minimum absolute atomic E-state index is 0.103. The Hall–Kier alpha value is -2.89. The van der Waals surface area contributed by atoms with E-state index in [-0.39, 0.29) is 18.5 Å². The van der Waals surface area contributed by atoms with Gasteiger partial charge in [-0.1, -0.05) is 18.2 Å². The van der Waals surface area contributed by atoms with Gasteiger partial charge in [-0.15, -0.1) is 0 Å². The third-order valence-electron chi connectivity index (χ3n) is 3.54. The number of unbranched alkanes of at least 4 members (excludes halogenated alkanes) is 1. The van der Waals surface area contributed by atoms with Crippen LogP contribution in [0.25, 0.3) is 0 Å². The molecule has 0 saturated heterocycles. The Bertz CT molecular complexity index is 689. The van der Waals surface area contributed by atoms with Gasteiger partial charge in [0.2, 0.25) is 5.91 Å². The maximum Gasteiger partial charge on any atom is 0.306 e. The van der Waals surface area contributed by atoms with Crippen molar-refractivity contribution in [3.05, 3.63) is 54.4 Å². The number of nitrogens with zero attached hydrogens (tertiary/aromatic N) is 1. The second-order valence-electron chi connectivity index (χ2n) is 5.48. The Morgan fingerprint density at radius 1 is 1.08 bits per heavy atom. The molecule has 2 aromatic rings. The third kappa shape index (κ3) is 6.63. The summed E-state index contributed by atoms with van der Waals surface area (Å²) < 4.78 is 10.4. The van der Waals surface area contributed by atoms with E-state index in [2.05, 4.69) is 10.3 Å². The number of methoxy groups -OCH3 is 1. The van der Waals surface area contributed by atoms with Crippen LogP contribution in [0.15, 0.2) is 48.8 Å². The number of amides is 1. The molecule has 132 valence electrons. The van der Waals surface area contributed by atoms with Crippen molar-refractivity contribution in [1.82, 2.24) is 4.98 Å². The van der Waals surface area contributed by atoms with Gasteiger partial charge in [-0.25, -0.2) is 0 Å². The Labute approximate surface area is 147 Å². The van der Waals surface area contributed by atoms with Crippen LogP contribution in [-0.4, -0.2) is 24.0 Å². The largest absolute Gasteiger partial charge is 0.495 e. The average molecular weight is 342 g/mol. The Balaban J connectivity index is 1.62. The summed E-state index contributed by atoms with van der Waals surface area (Å²) in [5.74, 6) is 0.247. The van der Waals surface area contributed by atoms with Crippen molar-refractivity contribution >= 4 is 17.6 Å². The van der Waals surface area contributed by atoms with Crippen molar-refractivity contribution in [3.8, 4) is 5.75 Å². The number of benzene rings is 1. The van der Waals surface area contributed by atoms with Crippen molar-refractivity contribution in [2.75, 3.05) is 12.4 Å². The van der Waals surface area contributed by atoms with Gasteiger partial charge in [-0.05, 0) is 31.0 Å². The average Bonchev–Trinajstić information content (AvgIpc) is 2.65. The highest BCUT2D eigenvalue weighted by Gasteiger charge is 2.08. The number of rotatable bonds is 9. The van der Waals surface area contributed by atoms with Crippen LogP contribution >= 0.6 is 0 Å². The number of carbonyl (C=O) groups excluding carboxylic acids is 2. The SMILES string of the molecule is COc1ccccc1NC(=O)CCCCC(=O)OCc1cccnc1. The molecule has 0 atom stereocenters. The van der Waals surface area contributed by atoms with Gasteiger partial charge in [-0.3, -0.25) is 14.6 Å². The van der Waals surface area contributed by atoms with Crippen molar-refractivity contribution in [2.24, 2.45) is 0 Å². The highest BCUT2D eigenvalue weighted by Crippen LogP contribution is 2.23. The van der Waals surface area contributed by atoms with Crippen LogP contribution in [0.2, 0.25) is 0 Å². The summed E-state index contributed by atoms with van der Waals surface area (Å²) in [6, 6.07) is 10.9. The maximum absolute atomic E-state index is 11.9. The number of carbonyl (C=O) groups is 2. The first-order valence-electron chi connectivity index (χ1n) is 8.16. The van der Waals surface area contributed by atoms with Gasteiger partial charge >= 0.3 is 5.97 Å². The van der Waals surface area contributed by atoms with Gasteiger partial charge in [-0.2, -0.15) is 0 Å². The van der Waals surface area contributed by atoms with Crippen molar-refractivity contribution in [3.63, 3.8) is 0 Å². The van der Waals surface area contributed by atoms with Gasteiger partial charge < -0.3 is 14.8 Å². The van der Waals surface area contributed by atoms with E-state index < -0.39 is 0 Å². The third-order valence-corrected chi connectivity index (χ3v) is 3.54. The second kappa shape index (κ2) is 10.1. The molecule has 1 aromatic carbocycles. The van der Waals surface area contributed by atoms with Gasteiger partial charge in [0, 0.05) is 30.8 Å². The summed E-state index contributed by atoms with van der Waals surface area (Å²) in [7, 11) is 1.56. The van der Waals surface area contributed by atoms with Crippen molar-refractivity contribution in [1.29, 1.82) is 0 Å².